The van der Waals surface area contributed by atoms with E-state index < -0.39 is 0 Å². The largest absolute Gasteiger partial charge is 0.484 e. The van der Waals surface area contributed by atoms with Gasteiger partial charge in [0.15, 0.2) is 6.61 Å². The van der Waals surface area contributed by atoms with E-state index in [0.29, 0.717) is 11.2 Å². The van der Waals surface area contributed by atoms with Gasteiger partial charge in [0, 0.05) is 6.04 Å². The highest BCUT2D eigenvalue weighted by atomic mass is 16.5. The van der Waals surface area contributed by atoms with Gasteiger partial charge in [0.05, 0.1) is 6.54 Å². The van der Waals surface area contributed by atoms with Gasteiger partial charge in [-0.25, -0.2) is 0 Å². The average molecular weight is 360 g/mol. The second kappa shape index (κ2) is 9.60. The van der Waals surface area contributed by atoms with Crippen LogP contribution in [0.5, 0.6) is 5.75 Å². The zero-order valence-corrected chi connectivity index (χ0v) is 16.2. The number of nitrogens with one attached hydrogen (secondary N) is 2. The molecular formula is C21H32N2O3. The van der Waals surface area contributed by atoms with Gasteiger partial charge in [0.1, 0.15) is 5.75 Å². The van der Waals surface area contributed by atoms with Crippen molar-refractivity contribution in [1.29, 1.82) is 0 Å². The van der Waals surface area contributed by atoms with Crippen LogP contribution in [0, 0.1) is 11.3 Å². The molecule has 0 unspecified atom stereocenters. The van der Waals surface area contributed by atoms with Gasteiger partial charge in [-0.15, -0.1) is 0 Å². The van der Waals surface area contributed by atoms with Crippen LogP contribution in [0.15, 0.2) is 30.3 Å². The highest BCUT2D eigenvalue weighted by Gasteiger charge is 2.32. The lowest BCUT2D eigenvalue weighted by molar-refractivity contribution is -0.127. The van der Waals surface area contributed by atoms with Crippen molar-refractivity contribution in [3.63, 3.8) is 0 Å². The Kier molecular flexibility index (Phi) is 7.49. The molecule has 144 valence electrons. The highest BCUT2D eigenvalue weighted by Crippen LogP contribution is 2.40. The fourth-order valence-electron chi connectivity index (χ4n) is 3.48. The fraction of sp³-hybridized carbons (Fsp3) is 0.619. The van der Waals surface area contributed by atoms with Crippen LogP contribution in [0.3, 0.4) is 0 Å². The van der Waals surface area contributed by atoms with Gasteiger partial charge in [-0.3, -0.25) is 9.59 Å². The first kappa shape index (κ1) is 20.3. The molecular weight excluding hydrogens is 328 g/mol. The Bertz CT molecular complexity index is 578. The van der Waals surface area contributed by atoms with Gasteiger partial charge >= 0.3 is 0 Å². The van der Waals surface area contributed by atoms with E-state index in [2.05, 4.69) is 31.4 Å². The standard InChI is InChI=1S/C21H32N2O3/c1-4-21(2,3)16-10-12-17(13-11-16)23-19(24)14-22-20(25)15-26-18-8-6-5-7-9-18/h5-9,16-17H,4,10-15H2,1-3H3,(H,22,25)(H,23,24). The number of ether oxygens (including phenoxy) is 1. The third-order valence-corrected chi connectivity index (χ3v) is 5.67. The van der Waals surface area contributed by atoms with Crippen LogP contribution in [0.25, 0.3) is 0 Å². The van der Waals surface area contributed by atoms with Crippen molar-refractivity contribution in [3.05, 3.63) is 30.3 Å². The topological polar surface area (TPSA) is 67.4 Å². The second-order valence-electron chi connectivity index (χ2n) is 7.84. The Morgan fingerprint density at radius 1 is 1.08 bits per heavy atom. The highest BCUT2D eigenvalue weighted by molar-refractivity contribution is 5.85. The molecule has 5 nitrogen and oxygen atoms in total. The summed E-state index contributed by atoms with van der Waals surface area (Å²) < 4.78 is 5.36. The lowest BCUT2D eigenvalue weighted by Crippen LogP contribution is -2.45. The Labute approximate surface area is 156 Å². The Balaban J connectivity index is 1.62. The van der Waals surface area contributed by atoms with Crippen molar-refractivity contribution < 1.29 is 14.3 Å². The molecule has 2 N–H and O–H groups in total. The number of amides is 2. The second-order valence-corrected chi connectivity index (χ2v) is 7.84. The molecule has 1 aliphatic rings. The summed E-state index contributed by atoms with van der Waals surface area (Å²) >= 11 is 0. The molecule has 0 atom stereocenters. The molecule has 0 aliphatic heterocycles. The lowest BCUT2D eigenvalue weighted by atomic mass is 9.69. The predicted octanol–water partition coefficient (Wildman–Crippen LogP) is 3.29. The number of benzene rings is 1. The van der Waals surface area contributed by atoms with Crippen LogP contribution in [0.2, 0.25) is 0 Å². The van der Waals surface area contributed by atoms with Crippen LogP contribution >= 0.6 is 0 Å². The molecule has 0 spiro atoms. The summed E-state index contributed by atoms with van der Waals surface area (Å²) in [5, 5.41) is 5.65. The number of para-hydroxylation sites is 1. The molecule has 1 aliphatic carbocycles. The van der Waals surface area contributed by atoms with Gasteiger partial charge in [0.25, 0.3) is 5.91 Å². The van der Waals surface area contributed by atoms with Crippen LogP contribution in [0.4, 0.5) is 0 Å². The van der Waals surface area contributed by atoms with Crippen LogP contribution < -0.4 is 15.4 Å². The van der Waals surface area contributed by atoms with E-state index in [9.17, 15) is 9.59 Å². The van der Waals surface area contributed by atoms with Gasteiger partial charge in [-0.1, -0.05) is 45.4 Å². The third kappa shape index (κ3) is 6.36. The summed E-state index contributed by atoms with van der Waals surface area (Å²) in [4.78, 5) is 23.8. The van der Waals surface area contributed by atoms with Crippen LogP contribution in [-0.2, 0) is 9.59 Å². The summed E-state index contributed by atoms with van der Waals surface area (Å²) in [6.07, 6.45) is 5.54. The summed E-state index contributed by atoms with van der Waals surface area (Å²) in [6.45, 7) is 6.83. The summed E-state index contributed by atoms with van der Waals surface area (Å²) in [5.74, 6) is 0.947. The third-order valence-electron chi connectivity index (χ3n) is 5.67. The first-order valence-electron chi connectivity index (χ1n) is 9.64. The number of rotatable bonds is 8. The van der Waals surface area contributed by atoms with E-state index in [1.54, 1.807) is 12.1 Å². The summed E-state index contributed by atoms with van der Waals surface area (Å²) in [7, 11) is 0. The smallest absolute Gasteiger partial charge is 0.258 e. The minimum Gasteiger partial charge on any atom is -0.484 e. The van der Waals surface area contributed by atoms with Crippen molar-refractivity contribution in [2.45, 2.75) is 58.9 Å². The molecule has 2 amide bonds. The number of hydrogen-bond donors (Lipinski definition) is 2. The van der Waals surface area contributed by atoms with Crippen molar-refractivity contribution in [2.75, 3.05) is 13.2 Å². The number of carbonyl (C=O) groups is 2. The van der Waals surface area contributed by atoms with Crippen molar-refractivity contribution in [3.8, 4) is 5.75 Å². The van der Waals surface area contributed by atoms with E-state index in [-0.39, 0.29) is 31.0 Å². The predicted molar refractivity (Wildman–Crippen MR) is 103 cm³/mol. The molecule has 0 radical (unpaired) electrons. The normalized spacial score (nSPS) is 20.3. The molecule has 0 heterocycles. The molecule has 2 rings (SSSR count). The van der Waals surface area contributed by atoms with E-state index in [4.69, 9.17) is 4.74 Å². The first-order chi connectivity index (χ1) is 12.4. The summed E-state index contributed by atoms with van der Waals surface area (Å²) in [5.41, 5.74) is 0.377. The molecule has 26 heavy (non-hydrogen) atoms. The summed E-state index contributed by atoms with van der Waals surface area (Å²) in [6, 6.07) is 9.37. The maximum absolute atomic E-state index is 12.1. The molecule has 5 heteroatoms. The molecule has 1 aromatic carbocycles. The van der Waals surface area contributed by atoms with E-state index in [1.807, 2.05) is 18.2 Å². The monoisotopic (exact) mass is 360 g/mol. The van der Waals surface area contributed by atoms with Crippen molar-refractivity contribution in [1.82, 2.24) is 10.6 Å². The quantitative estimate of drug-likeness (QED) is 0.747. The fourth-order valence-corrected chi connectivity index (χ4v) is 3.48. The minimum absolute atomic E-state index is 0.00261. The maximum Gasteiger partial charge on any atom is 0.258 e. The number of hydrogen-bond acceptors (Lipinski definition) is 3. The number of carbonyl (C=O) groups excluding carboxylic acids is 2. The minimum atomic E-state index is -0.294. The van der Waals surface area contributed by atoms with Gasteiger partial charge in [-0.05, 0) is 49.1 Å². The molecule has 0 aromatic heterocycles. The maximum atomic E-state index is 12.1. The Hall–Kier alpha value is -2.04. The van der Waals surface area contributed by atoms with Crippen LogP contribution in [0.1, 0.15) is 52.9 Å². The molecule has 1 aromatic rings. The van der Waals surface area contributed by atoms with E-state index in [0.717, 1.165) is 31.6 Å². The molecule has 1 saturated carbocycles. The van der Waals surface area contributed by atoms with Crippen molar-refractivity contribution >= 4 is 11.8 Å². The van der Waals surface area contributed by atoms with Crippen LogP contribution in [-0.4, -0.2) is 31.0 Å². The van der Waals surface area contributed by atoms with Gasteiger partial charge < -0.3 is 15.4 Å². The molecule has 1 fully saturated rings. The average Bonchev–Trinajstić information content (AvgIpc) is 2.66. The molecule has 0 saturated heterocycles. The Morgan fingerprint density at radius 2 is 1.73 bits per heavy atom. The van der Waals surface area contributed by atoms with Crippen molar-refractivity contribution in [2.24, 2.45) is 11.3 Å². The SMILES string of the molecule is CCC(C)(C)C1CCC(NC(=O)CNC(=O)COc2ccccc2)CC1. The zero-order valence-electron chi connectivity index (χ0n) is 16.2. The van der Waals surface area contributed by atoms with E-state index in [1.165, 1.54) is 6.42 Å². The van der Waals surface area contributed by atoms with E-state index >= 15 is 0 Å². The first-order valence-corrected chi connectivity index (χ1v) is 9.64. The zero-order chi connectivity index (χ0) is 19.0. The Morgan fingerprint density at radius 3 is 2.35 bits per heavy atom. The lowest BCUT2D eigenvalue weighted by Gasteiger charge is -2.39. The molecule has 0 bridgehead atoms. The van der Waals surface area contributed by atoms with Gasteiger partial charge in [0.2, 0.25) is 5.91 Å². The van der Waals surface area contributed by atoms with Gasteiger partial charge in [-0.2, -0.15) is 0 Å².